The van der Waals surface area contributed by atoms with E-state index in [4.69, 9.17) is 5.73 Å². The molecule has 2 aromatic rings. The van der Waals surface area contributed by atoms with Crippen molar-refractivity contribution in [2.75, 3.05) is 0 Å². The van der Waals surface area contributed by atoms with Crippen molar-refractivity contribution in [3.8, 4) is 0 Å². The summed E-state index contributed by atoms with van der Waals surface area (Å²) >= 11 is 0. The highest BCUT2D eigenvalue weighted by Crippen LogP contribution is 2.16. The molecular weight excluding hydrogens is 174 g/mol. The minimum Gasteiger partial charge on any atom is -0.320 e. The maximum atomic E-state index is 6.05. The van der Waals surface area contributed by atoms with Crippen LogP contribution in [-0.2, 0) is 0 Å². The number of hydrogen-bond acceptors (Lipinski definition) is 3. The summed E-state index contributed by atoms with van der Waals surface area (Å²) in [5, 5.41) is 0. The lowest BCUT2D eigenvalue weighted by molar-refractivity contribution is 0.860. The van der Waals surface area contributed by atoms with Gasteiger partial charge in [0.25, 0.3) is 0 Å². The van der Waals surface area contributed by atoms with Gasteiger partial charge in [-0.05, 0) is 29.3 Å². The topological polar surface area (TPSA) is 51.8 Å². The standard InChI is InChI=1S/C11H11N3/c12-11(9-3-6-13-7-4-9)10-2-1-5-14-8-10/h1-8,11H,12H2. The molecule has 0 radical (unpaired) electrons. The normalized spacial score (nSPS) is 12.4. The van der Waals surface area contributed by atoms with Crippen molar-refractivity contribution in [3.63, 3.8) is 0 Å². The molecule has 3 heteroatoms. The molecule has 2 heterocycles. The number of nitrogens with two attached hydrogens (primary N) is 1. The van der Waals surface area contributed by atoms with Crippen LogP contribution in [0.2, 0.25) is 0 Å². The van der Waals surface area contributed by atoms with Gasteiger partial charge in [0, 0.05) is 24.8 Å². The SMILES string of the molecule is NC(c1ccncc1)c1cccnc1. The number of rotatable bonds is 2. The van der Waals surface area contributed by atoms with Gasteiger partial charge < -0.3 is 5.73 Å². The van der Waals surface area contributed by atoms with E-state index in [1.807, 2.05) is 24.3 Å². The van der Waals surface area contributed by atoms with Crippen molar-refractivity contribution < 1.29 is 0 Å². The van der Waals surface area contributed by atoms with E-state index < -0.39 is 0 Å². The molecule has 0 bridgehead atoms. The number of aromatic nitrogens is 2. The molecule has 1 unspecified atom stereocenters. The van der Waals surface area contributed by atoms with Crippen LogP contribution >= 0.6 is 0 Å². The van der Waals surface area contributed by atoms with Gasteiger partial charge in [0.2, 0.25) is 0 Å². The zero-order valence-electron chi connectivity index (χ0n) is 7.67. The summed E-state index contributed by atoms with van der Waals surface area (Å²) in [4.78, 5) is 7.99. The molecule has 0 aliphatic carbocycles. The van der Waals surface area contributed by atoms with Crippen LogP contribution in [0.1, 0.15) is 17.2 Å². The lowest BCUT2D eigenvalue weighted by atomic mass is 10.0. The highest BCUT2D eigenvalue weighted by molar-refractivity contribution is 5.27. The van der Waals surface area contributed by atoms with Crippen LogP contribution in [0.3, 0.4) is 0 Å². The summed E-state index contributed by atoms with van der Waals surface area (Å²) in [7, 11) is 0. The molecule has 0 amide bonds. The van der Waals surface area contributed by atoms with E-state index in [9.17, 15) is 0 Å². The Balaban J connectivity index is 2.30. The van der Waals surface area contributed by atoms with E-state index >= 15 is 0 Å². The fourth-order valence-corrected chi connectivity index (χ4v) is 1.32. The molecule has 2 N–H and O–H groups in total. The zero-order chi connectivity index (χ0) is 9.80. The molecule has 0 spiro atoms. The molecule has 2 rings (SSSR count). The van der Waals surface area contributed by atoms with Crippen LogP contribution in [0.4, 0.5) is 0 Å². The zero-order valence-corrected chi connectivity index (χ0v) is 7.67. The van der Waals surface area contributed by atoms with Gasteiger partial charge in [-0.15, -0.1) is 0 Å². The second-order valence-electron chi connectivity index (χ2n) is 3.04. The highest BCUT2D eigenvalue weighted by atomic mass is 14.7. The van der Waals surface area contributed by atoms with E-state index in [2.05, 4.69) is 9.97 Å². The maximum absolute atomic E-state index is 6.05. The second-order valence-corrected chi connectivity index (χ2v) is 3.04. The fraction of sp³-hybridized carbons (Fsp3) is 0.0909. The molecule has 2 aromatic heterocycles. The number of hydrogen-bond donors (Lipinski definition) is 1. The van der Waals surface area contributed by atoms with Crippen molar-refractivity contribution in [1.29, 1.82) is 0 Å². The van der Waals surface area contributed by atoms with Gasteiger partial charge in [0.1, 0.15) is 0 Å². The summed E-state index contributed by atoms with van der Waals surface area (Å²) in [6, 6.07) is 7.57. The largest absolute Gasteiger partial charge is 0.320 e. The minimum atomic E-state index is -0.119. The smallest absolute Gasteiger partial charge is 0.0568 e. The highest BCUT2D eigenvalue weighted by Gasteiger charge is 2.07. The Morgan fingerprint density at radius 3 is 2.36 bits per heavy atom. The van der Waals surface area contributed by atoms with Crippen molar-refractivity contribution in [1.82, 2.24) is 9.97 Å². The first-order valence-electron chi connectivity index (χ1n) is 4.43. The average Bonchev–Trinajstić information content (AvgIpc) is 2.30. The molecule has 0 saturated carbocycles. The van der Waals surface area contributed by atoms with Gasteiger partial charge in [-0.2, -0.15) is 0 Å². The van der Waals surface area contributed by atoms with Crippen LogP contribution in [0.15, 0.2) is 49.1 Å². The van der Waals surface area contributed by atoms with Crippen molar-refractivity contribution in [2.24, 2.45) is 5.73 Å². The van der Waals surface area contributed by atoms with E-state index in [1.54, 1.807) is 24.8 Å². The van der Waals surface area contributed by atoms with E-state index in [1.165, 1.54) is 0 Å². The Kier molecular flexibility index (Phi) is 2.51. The molecule has 0 aliphatic heterocycles. The van der Waals surface area contributed by atoms with Gasteiger partial charge in [0.05, 0.1) is 6.04 Å². The molecule has 0 saturated heterocycles. The minimum absolute atomic E-state index is 0.119. The third-order valence-electron chi connectivity index (χ3n) is 2.11. The summed E-state index contributed by atoms with van der Waals surface area (Å²) in [6.07, 6.45) is 7.00. The molecule has 70 valence electrons. The third-order valence-corrected chi connectivity index (χ3v) is 2.11. The van der Waals surface area contributed by atoms with Crippen molar-refractivity contribution in [3.05, 3.63) is 60.2 Å². The first kappa shape index (κ1) is 8.84. The van der Waals surface area contributed by atoms with Crippen molar-refractivity contribution in [2.45, 2.75) is 6.04 Å². The first-order valence-corrected chi connectivity index (χ1v) is 4.43. The molecular formula is C11H11N3. The summed E-state index contributed by atoms with van der Waals surface area (Å²) < 4.78 is 0. The van der Waals surface area contributed by atoms with Crippen LogP contribution in [0, 0.1) is 0 Å². The van der Waals surface area contributed by atoms with Gasteiger partial charge in [-0.3, -0.25) is 9.97 Å². The molecule has 0 fully saturated rings. The monoisotopic (exact) mass is 185 g/mol. The van der Waals surface area contributed by atoms with Gasteiger partial charge in [-0.25, -0.2) is 0 Å². The maximum Gasteiger partial charge on any atom is 0.0568 e. The lowest BCUT2D eigenvalue weighted by Crippen LogP contribution is -2.11. The Morgan fingerprint density at radius 2 is 1.71 bits per heavy atom. The van der Waals surface area contributed by atoms with Gasteiger partial charge >= 0.3 is 0 Å². The van der Waals surface area contributed by atoms with E-state index in [-0.39, 0.29) is 6.04 Å². The Morgan fingerprint density at radius 1 is 0.929 bits per heavy atom. The Hall–Kier alpha value is -1.74. The van der Waals surface area contributed by atoms with Crippen LogP contribution in [0.25, 0.3) is 0 Å². The van der Waals surface area contributed by atoms with Crippen LogP contribution in [0.5, 0.6) is 0 Å². The predicted molar refractivity (Wildman–Crippen MR) is 54.5 cm³/mol. The molecule has 0 aliphatic rings. The summed E-state index contributed by atoms with van der Waals surface area (Å²) in [5.41, 5.74) is 8.11. The Bertz CT molecular complexity index is 346. The van der Waals surface area contributed by atoms with E-state index in [0.717, 1.165) is 11.1 Å². The number of nitrogens with zero attached hydrogens (tertiary/aromatic N) is 2. The summed E-state index contributed by atoms with van der Waals surface area (Å²) in [6.45, 7) is 0. The molecule has 3 nitrogen and oxygen atoms in total. The fourth-order valence-electron chi connectivity index (χ4n) is 1.32. The second kappa shape index (κ2) is 3.98. The molecule has 0 aromatic carbocycles. The van der Waals surface area contributed by atoms with Crippen LogP contribution in [-0.4, -0.2) is 9.97 Å². The van der Waals surface area contributed by atoms with Gasteiger partial charge in [-0.1, -0.05) is 6.07 Å². The van der Waals surface area contributed by atoms with E-state index in [0.29, 0.717) is 0 Å². The quantitative estimate of drug-likeness (QED) is 0.771. The lowest BCUT2D eigenvalue weighted by Gasteiger charge is -2.10. The third kappa shape index (κ3) is 1.78. The average molecular weight is 185 g/mol. The van der Waals surface area contributed by atoms with Gasteiger partial charge in [0.15, 0.2) is 0 Å². The molecule has 14 heavy (non-hydrogen) atoms. The number of pyridine rings is 2. The first-order chi connectivity index (χ1) is 6.88. The summed E-state index contributed by atoms with van der Waals surface area (Å²) in [5.74, 6) is 0. The van der Waals surface area contributed by atoms with Crippen LogP contribution < -0.4 is 5.73 Å². The van der Waals surface area contributed by atoms with Crippen molar-refractivity contribution >= 4 is 0 Å². The molecule has 1 atom stereocenters. The predicted octanol–water partition coefficient (Wildman–Crippen LogP) is 1.52. The Labute approximate surface area is 82.6 Å².